The summed E-state index contributed by atoms with van der Waals surface area (Å²) in [5, 5.41) is 0. The van der Waals surface area contributed by atoms with E-state index in [1.165, 1.54) is 19.3 Å². The van der Waals surface area contributed by atoms with Gasteiger partial charge in [-0.05, 0) is 69.3 Å². The molecule has 0 atom stereocenters. The lowest BCUT2D eigenvalue weighted by Gasteiger charge is -2.36. The Kier molecular flexibility index (Phi) is 8.43. The van der Waals surface area contributed by atoms with Crippen LogP contribution in [0.25, 0.3) is 0 Å². The average molecular weight is 418 g/mol. The molecular weight excluding hydrogens is 378 g/mol. The molecule has 0 saturated heterocycles. The van der Waals surface area contributed by atoms with Crippen LogP contribution in [-0.4, -0.2) is 50.3 Å². The number of nitrogens with zero attached hydrogens (tertiary/aromatic N) is 1. The zero-order valence-electron chi connectivity index (χ0n) is 19.1. The number of likely N-dealkylation sites (N-methyl/N-ethyl adjacent to an activating group) is 1. The van der Waals surface area contributed by atoms with Crippen LogP contribution in [0.1, 0.15) is 77.2 Å². The van der Waals surface area contributed by atoms with E-state index in [0.717, 1.165) is 75.2 Å². The highest BCUT2D eigenvalue weighted by molar-refractivity contribution is 5.83. The summed E-state index contributed by atoms with van der Waals surface area (Å²) >= 11 is 0. The van der Waals surface area contributed by atoms with Crippen LogP contribution in [0.15, 0.2) is 18.2 Å². The van der Waals surface area contributed by atoms with Crippen LogP contribution in [0, 0.1) is 0 Å². The second kappa shape index (κ2) is 11.0. The summed E-state index contributed by atoms with van der Waals surface area (Å²) < 4.78 is 17.7. The van der Waals surface area contributed by atoms with E-state index in [-0.39, 0.29) is 12.1 Å². The van der Waals surface area contributed by atoms with Gasteiger partial charge in [-0.1, -0.05) is 39.2 Å². The first-order valence-corrected chi connectivity index (χ1v) is 11.9. The van der Waals surface area contributed by atoms with Crippen LogP contribution in [-0.2, 0) is 14.9 Å². The molecule has 0 aromatic heterocycles. The summed E-state index contributed by atoms with van der Waals surface area (Å²) in [5.41, 5.74) is 0.450. The van der Waals surface area contributed by atoms with Crippen molar-refractivity contribution in [3.05, 3.63) is 23.8 Å². The van der Waals surface area contributed by atoms with Crippen molar-refractivity contribution in [2.24, 2.45) is 0 Å². The Morgan fingerprint density at radius 1 is 1.03 bits per heavy atom. The van der Waals surface area contributed by atoms with Crippen molar-refractivity contribution in [3.8, 4) is 11.5 Å². The first kappa shape index (κ1) is 22.9. The second-order valence-corrected chi connectivity index (χ2v) is 8.70. The van der Waals surface area contributed by atoms with E-state index < -0.39 is 5.41 Å². The van der Waals surface area contributed by atoms with Crippen LogP contribution >= 0.6 is 0 Å². The van der Waals surface area contributed by atoms with Gasteiger partial charge in [-0.2, -0.15) is 0 Å². The molecule has 0 aliphatic heterocycles. The number of esters is 1. The van der Waals surface area contributed by atoms with Crippen LogP contribution in [0.5, 0.6) is 11.5 Å². The van der Waals surface area contributed by atoms with Crippen molar-refractivity contribution >= 4 is 5.97 Å². The molecule has 2 aliphatic rings. The molecule has 168 valence electrons. The zero-order chi connectivity index (χ0) is 21.4. The summed E-state index contributed by atoms with van der Waals surface area (Å²) in [7, 11) is 1.67. The third kappa shape index (κ3) is 5.29. The Morgan fingerprint density at radius 3 is 2.37 bits per heavy atom. The van der Waals surface area contributed by atoms with E-state index in [9.17, 15) is 4.79 Å². The molecule has 2 fully saturated rings. The smallest absolute Gasteiger partial charge is 0.316 e. The molecular formula is C25H39NO4. The molecule has 0 N–H and O–H groups in total. The predicted octanol–water partition coefficient (Wildman–Crippen LogP) is 5.10. The van der Waals surface area contributed by atoms with Crippen molar-refractivity contribution in [1.29, 1.82) is 0 Å². The topological polar surface area (TPSA) is 48.0 Å². The van der Waals surface area contributed by atoms with Crippen molar-refractivity contribution in [3.63, 3.8) is 0 Å². The Hall–Kier alpha value is -1.75. The van der Waals surface area contributed by atoms with Gasteiger partial charge < -0.3 is 19.1 Å². The van der Waals surface area contributed by atoms with Crippen molar-refractivity contribution in [1.82, 2.24) is 4.90 Å². The van der Waals surface area contributed by atoms with Gasteiger partial charge in [0, 0.05) is 6.54 Å². The highest BCUT2D eigenvalue weighted by atomic mass is 16.5. The van der Waals surface area contributed by atoms with Gasteiger partial charge in [0.15, 0.2) is 11.5 Å². The lowest BCUT2D eigenvalue weighted by molar-refractivity contribution is -0.152. The molecule has 2 saturated carbocycles. The Bertz CT molecular complexity index is 674. The monoisotopic (exact) mass is 417 g/mol. The van der Waals surface area contributed by atoms with Crippen LogP contribution in [0.3, 0.4) is 0 Å². The zero-order valence-corrected chi connectivity index (χ0v) is 19.1. The van der Waals surface area contributed by atoms with Crippen LogP contribution in [0.2, 0.25) is 0 Å². The summed E-state index contributed by atoms with van der Waals surface area (Å²) in [6.45, 7) is 7.45. The first-order valence-electron chi connectivity index (χ1n) is 11.9. The van der Waals surface area contributed by atoms with E-state index in [1.807, 2.05) is 18.2 Å². The Labute approximate surface area is 182 Å². The van der Waals surface area contributed by atoms with Crippen molar-refractivity contribution < 1.29 is 19.0 Å². The van der Waals surface area contributed by atoms with Crippen LogP contribution < -0.4 is 9.47 Å². The molecule has 2 aliphatic carbocycles. The highest BCUT2D eigenvalue weighted by Gasteiger charge is 2.43. The Balaban J connectivity index is 1.80. The molecule has 5 nitrogen and oxygen atoms in total. The molecule has 1 aromatic carbocycles. The molecule has 0 unspecified atom stereocenters. The number of hydrogen-bond donors (Lipinski definition) is 0. The molecule has 5 heteroatoms. The lowest BCUT2D eigenvalue weighted by atomic mass is 9.69. The number of benzene rings is 1. The van der Waals surface area contributed by atoms with Crippen molar-refractivity contribution in [2.75, 3.05) is 33.4 Å². The number of carbonyl (C=O) groups excluding carboxylic acids is 1. The first-order chi connectivity index (χ1) is 14.6. The van der Waals surface area contributed by atoms with Crippen LogP contribution in [0.4, 0.5) is 0 Å². The molecule has 0 radical (unpaired) electrons. The molecule has 0 bridgehead atoms. The maximum Gasteiger partial charge on any atom is 0.316 e. The fourth-order valence-corrected chi connectivity index (χ4v) is 4.96. The van der Waals surface area contributed by atoms with Gasteiger partial charge >= 0.3 is 5.97 Å². The maximum atomic E-state index is 13.4. The number of hydrogen-bond acceptors (Lipinski definition) is 5. The fraction of sp³-hybridized carbons (Fsp3) is 0.720. The van der Waals surface area contributed by atoms with Gasteiger partial charge in [0.25, 0.3) is 0 Å². The van der Waals surface area contributed by atoms with E-state index in [2.05, 4.69) is 18.7 Å². The second-order valence-electron chi connectivity index (χ2n) is 8.70. The van der Waals surface area contributed by atoms with E-state index >= 15 is 0 Å². The van der Waals surface area contributed by atoms with Gasteiger partial charge in [0.05, 0.1) is 18.6 Å². The minimum atomic E-state index is -0.568. The quantitative estimate of drug-likeness (QED) is 0.496. The standard InChI is InChI=1S/C25H39NO4/c1-4-26(5-2)17-18-29-24(27)25(15-9-6-10-16-25)20-13-14-22(28-3)23(19-20)30-21-11-7-8-12-21/h13-14,19,21H,4-12,15-18H2,1-3H3. The van der Waals surface area contributed by atoms with Gasteiger partial charge in [-0.25, -0.2) is 0 Å². The lowest BCUT2D eigenvalue weighted by Crippen LogP contribution is -2.40. The Morgan fingerprint density at radius 2 is 1.73 bits per heavy atom. The highest BCUT2D eigenvalue weighted by Crippen LogP contribution is 2.44. The van der Waals surface area contributed by atoms with Crippen molar-refractivity contribution in [2.45, 2.75) is 83.2 Å². The third-order valence-electron chi connectivity index (χ3n) is 6.94. The van der Waals surface area contributed by atoms with E-state index in [0.29, 0.717) is 6.61 Å². The van der Waals surface area contributed by atoms with Gasteiger partial charge in [0.2, 0.25) is 0 Å². The number of rotatable bonds is 10. The normalized spacial score (nSPS) is 19.1. The molecule has 30 heavy (non-hydrogen) atoms. The average Bonchev–Trinajstić information content (AvgIpc) is 3.30. The fourth-order valence-electron chi connectivity index (χ4n) is 4.96. The molecule has 0 spiro atoms. The molecule has 3 rings (SSSR count). The predicted molar refractivity (Wildman–Crippen MR) is 119 cm³/mol. The summed E-state index contributed by atoms with van der Waals surface area (Å²) in [4.78, 5) is 15.7. The van der Waals surface area contributed by atoms with Gasteiger partial charge in [-0.3, -0.25) is 4.79 Å². The number of methoxy groups -OCH3 is 1. The summed E-state index contributed by atoms with van der Waals surface area (Å²) in [5.74, 6) is 1.43. The number of ether oxygens (including phenoxy) is 3. The largest absolute Gasteiger partial charge is 0.493 e. The summed E-state index contributed by atoms with van der Waals surface area (Å²) in [6.07, 6.45) is 9.82. The molecule has 0 amide bonds. The number of carbonyl (C=O) groups is 1. The molecule has 1 aromatic rings. The molecule has 0 heterocycles. The minimum absolute atomic E-state index is 0.0775. The maximum absolute atomic E-state index is 13.4. The van der Waals surface area contributed by atoms with Gasteiger partial charge in [0.1, 0.15) is 6.61 Å². The van der Waals surface area contributed by atoms with E-state index in [4.69, 9.17) is 14.2 Å². The SMILES string of the molecule is CCN(CC)CCOC(=O)C1(c2ccc(OC)c(OC3CCCC3)c2)CCCCC1. The third-order valence-corrected chi connectivity index (χ3v) is 6.94. The summed E-state index contributed by atoms with van der Waals surface area (Å²) in [6, 6.07) is 6.05. The van der Waals surface area contributed by atoms with Gasteiger partial charge in [-0.15, -0.1) is 0 Å². The minimum Gasteiger partial charge on any atom is -0.493 e. The van der Waals surface area contributed by atoms with E-state index in [1.54, 1.807) is 7.11 Å².